The van der Waals surface area contributed by atoms with Crippen molar-refractivity contribution in [2.24, 2.45) is 5.73 Å². The molecule has 1 aromatic rings. The maximum absolute atomic E-state index is 13.8. The number of hydrogen-bond acceptors (Lipinski definition) is 3. The summed E-state index contributed by atoms with van der Waals surface area (Å²) in [5.41, 5.74) is 6.84. The second-order valence-electron chi connectivity index (χ2n) is 6.43. The predicted molar refractivity (Wildman–Crippen MR) is 83.6 cm³/mol. The van der Waals surface area contributed by atoms with Gasteiger partial charge in [0.1, 0.15) is 5.82 Å². The third-order valence-electron chi connectivity index (χ3n) is 4.91. The fraction of sp³-hybridized carbons (Fsp3) is 0.647. The Kier molecular flexibility index (Phi) is 4.88. The molecule has 116 valence electrons. The Morgan fingerprint density at radius 3 is 2.67 bits per heavy atom. The topological polar surface area (TPSA) is 32.5 Å². The summed E-state index contributed by atoms with van der Waals surface area (Å²) in [5.74, 6) is -0.184. The molecular formula is C17H26FN3. The van der Waals surface area contributed by atoms with Crippen molar-refractivity contribution in [3.63, 3.8) is 0 Å². The highest BCUT2D eigenvalue weighted by atomic mass is 19.1. The lowest BCUT2D eigenvalue weighted by molar-refractivity contribution is 0.161. The van der Waals surface area contributed by atoms with E-state index in [-0.39, 0.29) is 11.9 Å². The molecule has 2 fully saturated rings. The van der Waals surface area contributed by atoms with Crippen molar-refractivity contribution in [2.75, 3.05) is 32.7 Å². The van der Waals surface area contributed by atoms with Crippen LogP contribution < -0.4 is 5.73 Å². The van der Waals surface area contributed by atoms with Crippen LogP contribution in [0.25, 0.3) is 0 Å². The van der Waals surface area contributed by atoms with Gasteiger partial charge in [0.2, 0.25) is 0 Å². The zero-order valence-electron chi connectivity index (χ0n) is 12.7. The number of nitrogens with two attached hydrogens (primary N) is 1. The fourth-order valence-corrected chi connectivity index (χ4v) is 3.71. The molecule has 2 unspecified atom stereocenters. The highest BCUT2D eigenvalue weighted by Gasteiger charge is 2.29. The minimum Gasteiger partial charge on any atom is -0.323 e. The van der Waals surface area contributed by atoms with Crippen molar-refractivity contribution in [1.82, 2.24) is 9.80 Å². The zero-order valence-corrected chi connectivity index (χ0v) is 12.7. The van der Waals surface area contributed by atoms with Gasteiger partial charge in [0.05, 0.1) is 0 Å². The molecule has 0 spiro atoms. The van der Waals surface area contributed by atoms with E-state index in [0.29, 0.717) is 11.6 Å². The molecule has 2 heterocycles. The lowest BCUT2D eigenvalue weighted by Crippen LogP contribution is -2.41. The standard InChI is InChI=1S/C17H26FN3/c18-16-7-3-2-6-15(16)17(19)13-20-11-8-14(12-20)21-9-4-1-5-10-21/h2-3,6-7,14,17H,1,4-5,8-13,19H2. The van der Waals surface area contributed by atoms with Gasteiger partial charge in [-0.25, -0.2) is 4.39 Å². The summed E-state index contributed by atoms with van der Waals surface area (Å²) >= 11 is 0. The van der Waals surface area contributed by atoms with Crippen LogP contribution in [0.2, 0.25) is 0 Å². The summed E-state index contributed by atoms with van der Waals surface area (Å²) in [6.07, 6.45) is 5.28. The Hall–Kier alpha value is -0.970. The third kappa shape index (κ3) is 3.62. The van der Waals surface area contributed by atoms with Crippen molar-refractivity contribution >= 4 is 0 Å². The quantitative estimate of drug-likeness (QED) is 0.924. The van der Waals surface area contributed by atoms with E-state index < -0.39 is 0 Å². The van der Waals surface area contributed by atoms with Crippen molar-refractivity contribution in [1.29, 1.82) is 0 Å². The van der Waals surface area contributed by atoms with Gasteiger partial charge >= 0.3 is 0 Å². The fourth-order valence-electron chi connectivity index (χ4n) is 3.71. The first-order valence-electron chi connectivity index (χ1n) is 8.20. The first kappa shape index (κ1) is 14.9. The molecular weight excluding hydrogens is 265 g/mol. The monoisotopic (exact) mass is 291 g/mol. The Bertz CT molecular complexity index is 459. The number of hydrogen-bond donors (Lipinski definition) is 1. The SMILES string of the molecule is NC(CN1CCC(N2CCCCC2)C1)c1ccccc1F. The Labute approximate surface area is 126 Å². The van der Waals surface area contributed by atoms with Gasteiger partial charge in [0, 0.05) is 30.7 Å². The molecule has 3 nitrogen and oxygen atoms in total. The third-order valence-corrected chi connectivity index (χ3v) is 4.91. The van der Waals surface area contributed by atoms with E-state index in [1.54, 1.807) is 12.1 Å². The lowest BCUT2D eigenvalue weighted by atomic mass is 10.1. The molecule has 3 rings (SSSR count). The van der Waals surface area contributed by atoms with E-state index in [9.17, 15) is 4.39 Å². The maximum atomic E-state index is 13.8. The number of nitrogens with zero attached hydrogens (tertiary/aromatic N) is 2. The molecule has 1 aromatic carbocycles. The predicted octanol–water partition coefficient (Wildman–Crippen LogP) is 2.39. The van der Waals surface area contributed by atoms with Gasteiger partial charge in [-0.3, -0.25) is 9.80 Å². The average Bonchev–Trinajstić information content (AvgIpc) is 2.97. The van der Waals surface area contributed by atoms with Crippen molar-refractivity contribution in [3.8, 4) is 0 Å². The first-order valence-corrected chi connectivity index (χ1v) is 8.20. The normalized spacial score (nSPS) is 26.1. The number of halogens is 1. The van der Waals surface area contributed by atoms with E-state index in [4.69, 9.17) is 5.73 Å². The summed E-state index contributed by atoms with van der Waals surface area (Å²) < 4.78 is 13.8. The molecule has 2 aliphatic heterocycles. The van der Waals surface area contributed by atoms with Crippen LogP contribution >= 0.6 is 0 Å². The molecule has 2 aliphatic rings. The minimum atomic E-state index is -0.230. The average molecular weight is 291 g/mol. The van der Waals surface area contributed by atoms with Gasteiger partial charge in [0.15, 0.2) is 0 Å². The number of rotatable bonds is 4. The molecule has 4 heteroatoms. The van der Waals surface area contributed by atoms with Crippen LogP contribution in [-0.4, -0.2) is 48.6 Å². The molecule has 0 bridgehead atoms. The Morgan fingerprint density at radius 1 is 1.14 bits per heavy atom. The summed E-state index contributed by atoms with van der Waals surface area (Å²) in [6.45, 7) is 5.42. The number of likely N-dealkylation sites (tertiary alicyclic amines) is 2. The maximum Gasteiger partial charge on any atom is 0.128 e. The van der Waals surface area contributed by atoms with E-state index in [1.165, 1.54) is 44.8 Å². The molecule has 0 amide bonds. The number of benzene rings is 1. The molecule has 0 radical (unpaired) electrons. The number of piperidine rings is 1. The van der Waals surface area contributed by atoms with Crippen LogP contribution in [0.5, 0.6) is 0 Å². The molecule has 0 aliphatic carbocycles. The summed E-state index contributed by atoms with van der Waals surface area (Å²) in [7, 11) is 0. The van der Waals surface area contributed by atoms with Gasteiger partial charge in [-0.05, 0) is 45.0 Å². The highest BCUT2D eigenvalue weighted by molar-refractivity contribution is 5.21. The molecule has 0 saturated carbocycles. The summed E-state index contributed by atoms with van der Waals surface area (Å²) in [4.78, 5) is 5.04. The van der Waals surface area contributed by atoms with Gasteiger partial charge < -0.3 is 5.73 Å². The second kappa shape index (κ2) is 6.86. The summed E-state index contributed by atoms with van der Waals surface area (Å²) in [6, 6.07) is 7.32. The Balaban J connectivity index is 1.53. The largest absolute Gasteiger partial charge is 0.323 e. The molecule has 2 saturated heterocycles. The zero-order chi connectivity index (χ0) is 14.7. The highest BCUT2D eigenvalue weighted by Crippen LogP contribution is 2.22. The second-order valence-corrected chi connectivity index (χ2v) is 6.43. The van der Waals surface area contributed by atoms with Crippen LogP contribution in [0.3, 0.4) is 0 Å². The molecule has 21 heavy (non-hydrogen) atoms. The van der Waals surface area contributed by atoms with Crippen molar-refractivity contribution < 1.29 is 4.39 Å². The van der Waals surface area contributed by atoms with Gasteiger partial charge in [0.25, 0.3) is 0 Å². The van der Waals surface area contributed by atoms with Crippen molar-refractivity contribution in [3.05, 3.63) is 35.6 Å². The van der Waals surface area contributed by atoms with Crippen LogP contribution in [0.4, 0.5) is 4.39 Å². The van der Waals surface area contributed by atoms with Crippen LogP contribution in [0, 0.1) is 5.82 Å². The molecule has 2 N–H and O–H groups in total. The van der Waals surface area contributed by atoms with Gasteiger partial charge in [-0.15, -0.1) is 0 Å². The Morgan fingerprint density at radius 2 is 1.90 bits per heavy atom. The minimum absolute atomic E-state index is 0.184. The van der Waals surface area contributed by atoms with Crippen LogP contribution in [0.15, 0.2) is 24.3 Å². The van der Waals surface area contributed by atoms with E-state index in [1.807, 2.05) is 6.07 Å². The van der Waals surface area contributed by atoms with Crippen LogP contribution in [0.1, 0.15) is 37.3 Å². The van der Waals surface area contributed by atoms with Crippen LogP contribution in [-0.2, 0) is 0 Å². The van der Waals surface area contributed by atoms with E-state index >= 15 is 0 Å². The summed E-state index contributed by atoms with van der Waals surface area (Å²) in [5, 5.41) is 0. The smallest absolute Gasteiger partial charge is 0.128 e. The van der Waals surface area contributed by atoms with Gasteiger partial charge in [-0.2, -0.15) is 0 Å². The van der Waals surface area contributed by atoms with E-state index in [0.717, 1.165) is 19.6 Å². The van der Waals surface area contributed by atoms with Gasteiger partial charge in [-0.1, -0.05) is 24.6 Å². The molecule has 2 atom stereocenters. The van der Waals surface area contributed by atoms with Crippen molar-refractivity contribution in [2.45, 2.75) is 37.8 Å². The van der Waals surface area contributed by atoms with E-state index in [2.05, 4.69) is 9.80 Å². The first-order chi connectivity index (χ1) is 10.2. The molecule has 0 aromatic heterocycles. The lowest BCUT2D eigenvalue weighted by Gasteiger charge is -2.32.